The number of non-ortho nitro benzene ring substituents is 1. The Kier molecular flexibility index (Phi) is 6.94. The molecule has 1 rings (SSSR count). The third-order valence-corrected chi connectivity index (χ3v) is 4.36. The van der Waals surface area contributed by atoms with Crippen molar-refractivity contribution in [3.05, 3.63) is 34.4 Å². The highest BCUT2D eigenvalue weighted by Gasteiger charge is 2.18. The minimum atomic E-state index is -1.32. The van der Waals surface area contributed by atoms with E-state index in [2.05, 4.69) is 13.8 Å². The predicted molar refractivity (Wildman–Crippen MR) is 84.2 cm³/mol. The predicted octanol–water partition coefficient (Wildman–Crippen LogP) is 2.31. The van der Waals surface area contributed by atoms with Gasteiger partial charge in [0.15, 0.2) is 0 Å². The third kappa shape index (κ3) is 5.91. The Balaban J connectivity index is 2.85. The second-order valence-corrected chi connectivity index (χ2v) is 7.03. The molecule has 2 N–H and O–H groups in total. The molecule has 6 nitrogen and oxygen atoms in total. The van der Waals surface area contributed by atoms with Gasteiger partial charge < -0.3 is 5.73 Å². The van der Waals surface area contributed by atoms with Crippen LogP contribution in [-0.2, 0) is 11.0 Å². The van der Waals surface area contributed by atoms with Crippen molar-refractivity contribution in [2.45, 2.75) is 38.1 Å². The highest BCUT2D eigenvalue weighted by atomic mass is 32.2. The topological polar surface area (TPSA) is 89.5 Å². The molecule has 0 bridgehead atoms. The lowest BCUT2D eigenvalue weighted by Gasteiger charge is -2.23. The van der Waals surface area contributed by atoms with Gasteiger partial charge in [-0.15, -0.1) is 0 Å². The Morgan fingerprint density at radius 1 is 1.29 bits per heavy atom. The Labute approximate surface area is 128 Å². The van der Waals surface area contributed by atoms with E-state index in [1.807, 2.05) is 11.2 Å². The van der Waals surface area contributed by atoms with Gasteiger partial charge in [0.2, 0.25) is 0 Å². The van der Waals surface area contributed by atoms with Crippen LogP contribution in [0.5, 0.6) is 0 Å². The summed E-state index contributed by atoms with van der Waals surface area (Å²) in [5.74, 6) is 0.375. The number of nitro benzene ring substituents is 1. The highest BCUT2D eigenvalue weighted by molar-refractivity contribution is 7.82. The number of hydrogen-bond donors (Lipinski definition) is 1. The van der Waals surface area contributed by atoms with E-state index in [4.69, 9.17) is 5.73 Å². The summed E-state index contributed by atoms with van der Waals surface area (Å²) in [6, 6.07) is 5.91. The van der Waals surface area contributed by atoms with Gasteiger partial charge in [-0.2, -0.15) is 0 Å². The zero-order valence-electron chi connectivity index (χ0n) is 12.7. The Morgan fingerprint density at radius 2 is 1.86 bits per heavy atom. The first-order chi connectivity index (χ1) is 9.81. The molecule has 0 spiro atoms. The fraction of sp³-hybridized carbons (Fsp3) is 0.571. The molecule has 0 radical (unpaired) electrons. The number of benzene rings is 1. The lowest BCUT2D eigenvalue weighted by atomic mass is 10.2. The van der Waals surface area contributed by atoms with Crippen molar-refractivity contribution in [3.63, 3.8) is 0 Å². The Morgan fingerprint density at radius 3 is 2.29 bits per heavy atom. The second kappa shape index (κ2) is 8.21. The molecule has 0 aliphatic heterocycles. The average Bonchev–Trinajstić information content (AvgIpc) is 2.42. The lowest BCUT2D eigenvalue weighted by Crippen LogP contribution is -2.33. The van der Waals surface area contributed by atoms with Gasteiger partial charge in [-0.1, -0.05) is 13.8 Å². The third-order valence-electron chi connectivity index (χ3n) is 2.89. The van der Waals surface area contributed by atoms with Crippen molar-refractivity contribution < 1.29 is 9.13 Å². The molecule has 7 heteroatoms. The summed E-state index contributed by atoms with van der Waals surface area (Å²) in [6.07, 6.45) is 0.755. The van der Waals surface area contributed by atoms with Gasteiger partial charge in [-0.3, -0.25) is 10.1 Å². The first kappa shape index (κ1) is 17.7. The van der Waals surface area contributed by atoms with Crippen LogP contribution in [0.2, 0.25) is 0 Å². The quantitative estimate of drug-likeness (QED) is 0.589. The minimum absolute atomic E-state index is 0.00161. The normalized spacial score (nSPS) is 14.4. The van der Waals surface area contributed by atoms with Gasteiger partial charge in [0, 0.05) is 31.3 Å². The van der Waals surface area contributed by atoms with Crippen LogP contribution in [0.15, 0.2) is 29.2 Å². The van der Waals surface area contributed by atoms with E-state index < -0.39 is 15.9 Å². The summed E-state index contributed by atoms with van der Waals surface area (Å²) < 4.78 is 14.5. The molecule has 0 aliphatic carbocycles. The van der Waals surface area contributed by atoms with E-state index in [1.165, 1.54) is 12.1 Å². The van der Waals surface area contributed by atoms with Crippen molar-refractivity contribution in [3.8, 4) is 0 Å². The van der Waals surface area contributed by atoms with Crippen molar-refractivity contribution in [2.75, 3.05) is 13.1 Å². The second-order valence-electron chi connectivity index (χ2n) is 5.55. The number of rotatable bonds is 8. The molecule has 1 aromatic rings. The summed E-state index contributed by atoms with van der Waals surface area (Å²) in [6.45, 7) is 7.37. The standard InChI is InChI=1S/C14H23N3O3S/c1-11(2)10-16(9-8-12(3)15)21(20)14-6-4-13(5-7-14)17(18)19/h4-7,11-12H,8-10,15H2,1-3H3. The van der Waals surface area contributed by atoms with Crippen molar-refractivity contribution >= 4 is 16.7 Å². The maximum atomic E-state index is 12.6. The Hall–Kier alpha value is -1.31. The number of nitrogens with two attached hydrogens (primary N) is 1. The molecular weight excluding hydrogens is 290 g/mol. The molecule has 1 aromatic carbocycles. The van der Waals surface area contributed by atoms with Crippen LogP contribution in [0, 0.1) is 16.0 Å². The molecule has 0 saturated carbocycles. The van der Waals surface area contributed by atoms with Gasteiger partial charge in [0.25, 0.3) is 5.69 Å². The minimum Gasteiger partial charge on any atom is -0.328 e. The van der Waals surface area contributed by atoms with E-state index in [1.54, 1.807) is 12.1 Å². The van der Waals surface area contributed by atoms with Crippen LogP contribution in [0.25, 0.3) is 0 Å². The highest BCUT2D eigenvalue weighted by Crippen LogP contribution is 2.18. The van der Waals surface area contributed by atoms with Crippen molar-refractivity contribution in [1.29, 1.82) is 0 Å². The molecule has 0 heterocycles. The summed E-state index contributed by atoms with van der Waals surface area (Å²) in [5.41, 5.74) is 5.76. The van der Waals surface area contributed by atoms with Gasteiger partial charge >= 0.3 is 0 Å². The van der Waals surface area contributed by atoms with Crippen LogP contribution in [0.3, 0.4) is 0 Å². The molecule has 21 heavy (non-hydrogen) atoms. The number of hydrogen-bond acceptors (Lipinski definition) is 4. The molecule has 0 aliphatic rings. The molecule has 2 unspecified atom stereocenters. The van der Waals surface area contributed by atoms with E-state index in [9.17, 15) is 14.3 Å². The first-order valence-corrected chi connectivity index (χ1v) is 8.08. The fourth-order valence-corrected chi connectivity index (χ4v) is 3.20. The van der Waals surface area contributed by atoms with E-state index >= 15 is 0 Å². The zero-order chi connectivity index (χ0) is 16.0. The molecule has 0 aromatic heterocycles. The monoisotopic (exact) mass is 313 g/mol. The molecular formula is C14H23N3O3S. The van der Waals surface area contributed by atoms with E-state index in [0.29, 0.717) is 23.9 Å². The Bertz CT molecular complexity index is 489. The SMILES string of the molecule is CC(C)CN(CCC(C)N)S(=O)c1ccc([N+](=O)[O-])cc1. The smallest absolute Gasteiger partial charge is 0.269 e. The zero-order valence-corrected chi connectivity index (χ0v) is 13.5. The summed E-state index contributed by atoms with van der Waals surface area (Å²) in [7, 11) is -1.32. The fourth-order valence-electron chi connectivity index (χ4n) is 1.83. The van der Waals surface area contributed by atoms with E-state index in [-0.39, 0.29) is 11.7 Å². The largest absolute Gasteiger partial charge is 0.328 e. The summed E-state index contributed by atoms with van der Waals surface area (Å²) in [4.78, 5) is 10.8. The first-order valence-electron chi connectivity index (χ1n) is 6.98. The van der Waals surface area contributed by atoms with Crippen LogP contribution < -0.4 is 5.73 Å². The van der Waals surface area contributed by atoms with Crippen LogP contribution in [-0.4, -0.2) is 32.6 Å². The lowest BCUT2D eigenvalue weighted by molar-refractivity contribution is -0.384. The van der Waals surface area contributed by atoms with Gasteiger partial charge in [0.1, 0.15) is 11.0 Å². The molecule has 0 amide bonds. The summed E-state index contributed by atoms with van der Waals surface area (Å²) in [5, 5.41) is 10.6. The van der Waals surface area contributed by atoms with E-state index in [0.717, 1.165) is 6.42 Å². The average molecular weight is 313 g/mol. The molecule has 2 atom stereocenters. The number of nitro groups is 1. The molecule has 118 valence electrons. The molecule has 0 fully saturated rings. The maximum absolute atomic E-state index is 12.6. The van der Waals surface area contributed by atoms with Gasteiger partial charge in [-0.05, 0) is 31.4 Å². The van der Waals surface area contributed by atoms with Crippen molar-refractivity contribution in [1.82, 2.24) is 4.31 Å². The maximum Gasteiger partial charge on any atom is 0.269 e. The molecule has 0 saturated heterocycles. The van der Waals surface area contributed by atoms with Gasteiger partial charge in [0.05, 0.1) is 9.82 Å². The summed E-state index contributed by atoms with van der Waals surface area (Å²) >= 11 is 0. The van der Waals surface area contributed by atoms with Gasteiger partial charge in [-0.25, -0.2) is 8.51 Å². The van der Waals surface area contributed by atoms with Crippen LogP contribution in [0.4, 0.5) is 5.69 Å². The van der Waals surface area contributed by atoms with Crippen LogP contribution in [0.1, 0.15) is 27.2 Å². The number of nitrogens with zero attached hydrogens (tertiary/aromatic N) is 2. The van der Waals surface area contributed by atoms with Crippen LogP contribution >= 0.6 is 0 Å². The van der Waals surface area contributed by atoms with Crippen molar-refractivity contribution in [2.24, 2.45) is 11.7 Å².